The van der Waals surface area contributed by atoms with Gasteiger partial charge >= 0.3 is 0 Å². The number of hydrogen-bond donors (Lipinski definition) is 1. The summed E-state index contributed by atoms with van der Waals surface area (Å²) < 4.78 is 5.51. The summed E-state index contributed by atoms with van der Waals surface area (Å²) in [6, 6.07) is 9.58. The molecule has 0 unspecified atom stereocenters. The van der Waals surface area contributed by atoms with Crippen molar-refractivity contribution < 1.29 is 9.52 Å². The standard InChI is InChI=1S/C15H18O2/c1-10(2)8-12-5-6-13(14(16)9-12)15-7-4-11(3)17-15/h4-7,9-10,16H,8H2,1-3H3. The number of aryl methyl sites for hydroxylation is 1. The Bertz CT molecular complexity index is 509. The van der Waals surface area contributed by atoms with E-state index in [-0.39, 0.29) is 5.75 Å². The summed E-state index contributed by atoms with van der Waals surface area (Å²) in [7, 11) is 0. The molecule has 2 heteroatoms. The number of benzene rings is 1. The molecule has 2 nitrogen and oxygen atoms in total. The first kappa shape index (κ1) is 11.8. The van der Waals surface area contributed by atoms with Crippen molar-refractivity contribution in [3.63, 3.8) is 0 Å². The van der Waals surface area contributed by atoms with Gasteiger partial charge in [-0.3, -0.25) is 0 Å². The molecule has 0 radical (unpaired) electrons. The van der Waals surface area contributed by atoms with Gasteiger partial charge in [0.2, 0.25) is 0 Å². The number of furan rings is 1. The minimum Gasteiger partial charge on any atom is -0.507 e. The second-order valence-electron chi connectivity index (χ2n) is 4.86. The lowest BCUT2D eigenvalue weighted by atomic mass is 10.0. The Morgan fingerprint density at radius 2 is 1.94 bits per heavy atom. The topological polar surface area (TPSA) is 33.4 Å². The first-order valence-electron chi connectivity index (χ1n) is 5.95. The van der Waals surface area contributed by atoms with Crippen LogP contribution in [0.5, 0.6) is 5.75 Å². The van der Waals surface area contributed by atoms with Crippen LogP contribution in [0.3, 0.4) is 0 Å². The van der Waals surface area contributed by atoms with Gasteiger partial charge in [0.15, 0.2) is 0 Å². The van der Waals surface area contributed by atoms with Gasteiger partial charge in [0.25, 0.3) is 0 Å². The third kappa shape index (κ3) is 2.70. The largest absolute Gasteiger partial charge is 0.507 e. The van der Waals surface area contributed by atoms with E-state index in [0.717, 1.165) is 29.1 Å². The molecule has 90 valence electrons. The summed E-state index contributed by atoms with van der Waals surface area (Å²) >= 11 is 0. The van der Waals surface area contributed by atoms with Crippen molar-refractivity contribution in [1.82, 2.24) is 0 Å². The molecule has 17 heavy (non-hydrogen) atoms. The van der Waals surface area contributed by atoms with Crippen LogP contribution in [0.2, 0.25) is 0 Å². The number of rotatable bonds is 3. The van der Waals surface area contributed by atoms with Crippen LogP contribution in [0.25, 0.3) is 11.3 Å². The molecule has 0 aliphatic carbocycles. The molecule has 0 aliphatic rings. The Kier molecular flexibility index (Phi) is 3.23. The van der Waals surface area contributed by atoms with Crippen LogP contribution in [-0.2, 0) is 6.42 Å². The van der Waals surface area contributed by atoms with Gasteiger partial charge < -0.3 is 9.52 Å². The zero-order chi connectivity index (χ0) is 12.4. The third-order valence-electron chi connectivity index (χ3n) is 2.71. The second kappa shape index (κ2) is 4.66. The van der Waals surface area contributed by atoms with Gasteiger partial charge in [-0.2, -0.15) is 0 Å². The lowest BCUT2D eigenvalue weighted by molar-refractivity contribution is 0.471. The van der Waals surface area contributed by atoms with Gasteiger partial charge in [-0.15, -0.1) is 0 Å². The summed E-state index contributed by atoms with van der Waals surface area (Å²) in [4.78, 5) is 0. The molecule has 0 amide bonds. The molecule has 0 bridgehead atoms. The molecule has 0 atom stereocenters. The number of aromatic hydroxyl groups is 1. The predicted octanol–water partition coefficient (Wildman–Crippen LogP) is 4.16. The van der Waals surface area contributed by atoms with Crippen molar-refractivity contribution in [3.8, 4) is 17.1 Å². The smallest absolute Gasteiger partial charge is 0.137 e. The van der Waals surface area contributed by atoms with Crippen LogP contribution in [-0.4, -0.2) is 5.11 Å². The monoisotopic (exact) mass is 230 g/mol. The number of phenolic OH excluding ortho intramolecular Hbond substituents is 1. The van der Waals surface area contributed by atoms with Crippen molar-refractivity contribution >= 4 is 0 Å². The van der Waals surface area contributed by atoms with Crippen molar-refractivity contribution in [3.05, 3.63) is 41.7 Å². The van der Waals surface area contributed by atoms with Crippen molar-refractivity contribution in [2.24, 2.45) is 5.92 Å². The predicted molar refractivity (Wildman–Crippen MR) is 69.1 cm³/mol. The van der Waals surface area contributed by atoms with Crippen LogP contribution in [0.4, 0.5) is 0 Å². The van der Waals surface area contributed by atoms with E-state index >= 15 is 0 Å². The molecular weight excluding hydrogens is 212 g/mol. The van der Waals surface area contributed by atoms with Gasteiger partial charge in [0.05, 0.1) is 5.56 Å². The van der Waals surface area contributed by atoms with Gasteiger partial charge in [-0.25, -0.2) is 0 Å². The Morgan fingerprint density at radius 3 is 2.47 bits per heavy atom. The maximum Gasteiger partial charge on any atom is 0.137 e. The van der Waals surface area contributed by atoms with Crippen molar-refractivity contribution in [2.75, 3.05) is 0 Å². The van der Waals surface area contributed by atoms with Gasteiger partial charge in [0, 0.05) is 0 Å². The molecule has 0 saturated carbocycles. The lowest BCUT2D eigenvalue weighted by Crippen LogP contribution is -1.93. The van der Waals surface area contributed by atoms with Crippen molar-refractivity contribution in [1.29, 1.82) is 0 Å². The fourth-order valence-corrected chi connectivity index (χ4v) is 1.96. The van der Waals surface area contributed by atoms with Crippen LogP contribution < -0.4 is 0 Å². The highest BCUT2D eigenvalue weighted by atomic mass is 16.3. The van der Waals surface area contributed by atoms with E-state index in [0.29, 0.717) is 5.92 Å². The van der Waals surface area contributed by atoms with Crippen LogP contribution in [0, 0.1) is 12.8 Å². The molecule has 2 rings (SSSR count). The minimum absolute atomic E-state index is 0.289. The Balaban J connectivity index is 2.31. The van der Waals surface area contributed by atoms with Gasteiger partial charge in [0.1, 0.15) is 17.3 Å². The second-order valence-corrected chi connectivity index (χ2v) is 4.86. The van der Waals surface area contributed by atoms with Crippen LogP contribution in [0.1, 0.15) is 25.2 Å². The van der Waals surface area contributed by atoms with E-state index in [2.05, 4.69) is 13.8 Å². The number of phenols is 1. The highest BCUT2D eigenvalue weighted by molar-refractivity contribution is 5.66. The molecule has 0 spiro atoms. The lowest BCUT2D eigenvalue weighted by Gasteiger charge is -2.07. The normalized spacial score (nSPS) is 11.1. The Morgan fingerprint density at radius 1 is 1.18 bits per heavy atom. The molecule has 1 aromatic heterocycles. The molecule has 0 aliphatic heterocycles. The van der Waals surface area contributed by atoms with E-state index in [1.54, 1.807) is 0 Å². The van der Waals surface area contributed by atoms with Crippen LogP contribution >= 0.6 is 0 Å². The first-order chi connectivity index (χ1) is 8.06. The Hall–Kier alpha value is -1.70. The van der Waals surface area contributed by atoms with E-state index in [9.17, 15) is 5.11 Å². The SMILES string of the molecule is Cc1ccc(-c2ccc(CC(C)C)cc2O)o1. The molecule has 2 aromatic rings. The molecule has 0 saturated heterocycles. The maximum absolute atomic E-state index is 10.0. The fourth-order valence-electron chi connectivity index (χ4n) is 1.96. The van der Waals surface area contributed by atoms with E-state index in [1.807, 2.05) is 37.3 Å². The third-order valence-corrected chi connectivity index (χ3v) is 2.71. The maximum atomic E-state index is 10.0. The van der Waals surface area contributed by atoms with Crippen molar-refractivity contribution in [2.45, 2.75) is 27.2 Å². The summed E-state index contributed by atoms with van der Waals surface area (Å²) in [5.74, 6) is 2.45. The molecule has 1 N–H and O–H groups in total. The molecule has 1 heterocycles. The van der Waals surface area contributed by atoms with E-state index < -0.39 is 0 Å². The zero-order valence-corrected chi connectivity index (χ0v) is 10.5. The molecule has 0 fully saturated rings. The zero-order valence-electron chi connectivity index (χ0n) is 10.5. The minimum atomic E-state index is 0.289. The van der Waals surface area contributed by atoms with Gasteiger partial charge in [-0.1, -0.05) is 19.9 Å². The summed E-state index contributed by atoms with van der Waals surface area (Å²) in [5.41, 5.74) is 1.91. The summed E-state index contributed by atoms with van der Waals surface area (Å²) in [6.07, 6.45) is 0.977. The average molecular weight is 230 g/mol. The van der Waals surface area contributed by atoms with Gasteiger partial charge in [-0.05, 0) is 49.1 Å². The first-order valence-corrected chi connectivity index (χ1v) is 5.95. The summed E-state index contributed by atoms with van der Waals surface area (Å²) in [6.45, 7) is 6.23. The fraction of sp³-hybridized carbons (Fsp3) is 0.333. The van der Waals surface area contributed by atoms with E-state index in [1.165, 1.54) is 0 Å². The Labute approximate surface area is 102 Å². The number of hydrogen-bond acceptors (Lipinski definition) is 2. The summed E-state index contributed by atoms with van der Waals surface area (Å²) in [5, 5.41) is 10.0. The highest BCUT2D eigenvalue weighted by Gasteiger charge is 2.09. The average Bonchev–Trinajstić information content (AvgIpc) is 2.64. The molecule has 1 aromatic carbocycles. The van der Waals surface area contributed by atoms with E-state index in [4.69, 9.17) is 4.42 Å². The highest BCUT2D eigenvalue weighted by Crippen LogP contribution is 2.31. The van der Waals surface area contributed by atoms with Crippen LogP contribution in [0.15, 0.2) is 34.7 Å². The molecular formula is C15H18O2. The quantitative estimate of drug-likeness (QED) is 0.858.